The van der Waals surface area contributed by atoms with Crippen LogP contribution in [0.4, 0.5) is 0 Å². The highest BCUT2D eigenvalue weighted by Crippen LogP contribution is 2.24. The van der Waals surface area contributed by atoms with E-state index in [-0.39, 0.29) is 12.1 Å². The molecular weight excluding hydrogens is 270 g/mol. The predicted molar refractivity (Wildman–Crippen MR) is 68.3 cm³/mol. The molecule has 0 radical (unpaired) electrons. The fraction of sp³-hybridized carbons (Fsp3) is 0.667. The molecule has 0 saturated heterocycles. The molecule has 0 saturated carbocycles. The Balaban J connectivity index is 2.35. The molecule has 2 N–H and O–H groups in total. The smallest absolute Gasteiger partial charge is 0.134 e. The van der Waals surface area contributed by atoms with Crippen molar-refractivity contribution in [1.29, 1.82) is 0 Å². The first-order chi connectivity index (χ1) is 7.50. The van der Waals surface area contributed by atoms with Crippen LogP contribution in [-0.2, 0) is 0 Å². The van der Waals surface area contributed by atoms with Crippen LogP contribution in [0.2, 0.25) is 0 Å². The summed E-state index contributed by atoms with van der Waals surface area (Å²) in [5.41, 5.74) is 0. The van der Waals surface area contributed by atoms with Crippen LogP contribution in [0.1, 0.15) is 39.0 Å². The van der Waals surface area contributed by atoms with Crippen molar-refractivity contribution in [3.05, 3.63) is 22.6 Å². The predicted octanol–water partition coefficient (Wildman–Crippen LogP) is 3.10. The van der Waals surface area contributed by atoms with E-state index in [4.69, 9.17) is 4.42 Å². The van der Waals surface area contributed by atoms with Gasteiger partial charge >= 0.3 is 0 Å². The van der Waals surface area contributed by atoms with Crippen molar-refractivity contribution >= 4 is 15.9 Å². The Bertz CT molecular complexity index is 312. The second-order valence-corrected chi connectivity index (χ2v) is 5.31. The number of aliphatic hydroxyl groups excluding tert-OH is 1. The molecule has 0 bridgehead atoms. The van der Waals surface area contributed by atoms with Crippen LogP contribution in [0.3, 0.4) is 0 Å². The maximum atomic E-state index is 9.26. The van der Waals surface area contributed by atoms with Gasteiger partial charge in [0.15, 0.2) is 0 Å². The van der Waals surface area contributed by atoms with E-state index in [1.165, 1.54) is 0 Å². The molecule has 3 nitrogen and oxygen atoms in total. The second-order valence-electron chi connectivity index (χ2n) is 4.45. The minimum atomic E-state index is -0.234. The van der Waals surface area contributed by atoms with Crippen molar-refractivity contribution in [2.24, 2.45) is 5.92 Å². The van der Waals surface area contributed by atoms with Crippen LogP contribution in [0, 0.1) is 5.92 Å². The maximum Gasteiger partial charge on any atom is 0.134 e. The van der Waals surface area contributed by atoms with Gasteiger partial charge in [-0.15, -0.1) is 0 Å². The molecule has 0 amide bonds. The molecule has 16 heavy (non-hydrogen) atoms. The van der Waals surface area contributed by atoms with E-state index in [0.717, 1.165) is 23.2 Å². The van der Waals surface area contributed by atoms with E-state index in [0.29, 0.717) is 5.92 Å². The lowest BCUT2D eigenvalue weighted by atomic mass is 10.0. The van der Waals surface area contributed by atoms with Crippen LogP contribution in [-0.4, -0.2) is 17.8 Å². The average molecular weight is 290 g/mol. The van der Waals surface area contributed by atoms with Crippen molar-refractivity contribution in [3.8, 4) is 0 Å². The summed E-state index contributed by atoms with van der Waals surface area (Å²) in [5, 5.41) is 12.7. The van der Waals surface area contributed by atoms with Gasteiger partial charge in [0.2, 0.25) is 0 Å². The molecule has 0 aliphatic carbocycles. The van der Waals surface area contributed by atoms with E-state index in [2.05, 4.69) is 35.1 Å². The number of hydrogen-bond acceptors (Lipinski definition) is 3. The van der Waals surface area contributed by atoms with E-state index in [1.807, 2.05) is 13.0 Å². The maximum absolute atomic E-state index is 9.26. The quantitative estimate of drug-likeness (QED) is 0.846. The van der Waals surface area contributed by atoms with E-state index < -0.39 is 0 Å². The number of rotatable bonds is 6. The van der Waals surface area contributed by atoms with Crippen molar-refractivity contribution < 1.29 is 9.52 Å². The van der Waals surface area contributed by atoms with Crippen LogP contribution in [0.15, 0.2) is 21.2 Å². The van der Waals surface area contributed by atoms with E-state index in [9.17, 15) is 5.11 Å². The normalized spacial score (nSPS) is 17.1. The second kappa shape index (κ2) is 6.42. The standard InChI is InChI=1S/C12H20BrNO2/c1-8(6-9(2)15)7-14-10(3)12-11(13)4-5-16-12/h4-5,8-10,14-15H,6-7H2,1-3H3. The third-order valence-corrected chi connectivity index (χ3v) is 3.21. The molecule has 3 atom stereocenters. The Hall–Kier alpha value is -0.320. The molecule has 1 aromatic heterocycles. The Morgan fingerprint density at radius 2 is 2.12 bits per heavy atom. The number of aliphatic hydroxyl groups is 1. The Morgan fingerprint density at radius 1 is 1.44 bits per heavy atom. The summed E-state index contributed by atoms with van der Waals surface area (Å²) in [6, 6.07) is 2.08. The van der Waals surface area contributed by atoms with Gasteiger partial charge in [0, 0.05) is 0 Å². The molecular formula is C12H20BrNO2. The summed E-state index contributed by atoms with van der Waals surface area (Å²) in [7, 11) is 0. The summed E-state index contributed by atoms with van der Waals surface area (Å²) in [6.45, 7) is 6.89. The van der Waals surface area contributed by atoms with Gasteiger partial charge in [-0.25, -0.2) is 0 Å². The Morgan fingerprint density at radius 3 is 2.62 bits per heavy atom. The van der Waals surface area contributed by atoms with E-state index in [1.54, 1.807) is 6.26 Å². The number of furan rings is 1. The molecule has 0 aliphatic rings. The Labute approximate surface area is 105 Å². The number of nitrogens with one attached hydrogen (secondary N) is 1. The molecule has 4 heteroatoms. The Kier molecular flexibility index (Phi) is 5.52. The minimum absolute atomic E-state index is 0.181. The number of hydrogen-bond donors (Lipinski definition) is 2. The van der Waals surface area contributed by atoms with Gasteiger partial charge in [0.05, 0.1) is 22.9 Å². The van der Waals surface area contributed by atoms with Gasteiger partial charge in [-0.2, -0.15) is 0 Å². The topological polar surface area (TPSA) is 45.4 Å². The highest BCUT2D eigenvalue weighted by molar-refractivity contribution is 9.10. The third-order valence-electron chi connectivity index (χ3n) is 2.55. The first-order valence-corrected chi connectivity index (χ1v) is 6.44. The molecule has 1 aromatic rings. The zero-order chi connectivity index (χ0) is 12.1. The van der Waals surface area contributed by atoms with Crippen LogP contribution in [0.25, 0.3) is 0 Å². The molecule has 0 aliphatic heterocycles. The monoisotopic (exact) mass is 289 g/mol. The number of halogens is 1. The molecule has 1 heterocycles. The summed E-state index contributed by atoms with van der Waals surface area (Å²) in [4.78, 5) is 0. The zero-order valence-electron chi connectivity index (χ0n) is 10.0. The van der Waals surface area contributed by atoms with Gasteiger partial charge < -0.3 is 14.8 Å². The van der Waals surface area contributed by atoms with Gasteiger partial charge in [0.1, 0.15) is 5.76 Å². The van der Waals surface area contributed by atoms with Crippen molar-refractivity contribution in [1.82, 2.24) is 5.32 Å². The summed E-state index contributed by atoms with van der Waals surface area (Å²) >= 11 is 3.44. The lowest BCUT2D eigenvalue weighted by Crippen LogP contribution is -2.26. The fourth-order valence-corrected chi connectivity index (χ4v) is 2.30. The fourth-order valence-electron chi connectivity index (χ4n) is 1.75. The molecule has 0 aromatic carbocycles. The van der Waals surface area contributed by atoms with Gasteiger partial charge in [0.25, 0.3) is 0 Å². The SMILES string of the molecule is CC(O)CC(C)CNC(C)c1occc1Br. The lowest BCUT2D eigenvalue weighted by molar-refractivity contribution is 0.162. The van der Waals surface area contributed by atoms with Crippen molar-refractivity contribution in [2.75, 3.05) is 6.54 Å². The molecule has 3 unspecified atom stereocenters. The van der Waals surface area contributed by atoms with Gasteiger partial charge in [-0.1, -0.05) is 6.92 Å². The first-order valence-electron chi connectivity index (χ1n) is 5.65. The highest BCUT2D eigenvalue weighted by atomic mass is 79.9. The van der Waals surface area contributed by atoms with Crippen LogP contribution >= 0.6 is 15.9 Å². The van der Waals surface area contributed by atoms with Crippen molar-refractivity contribution in [3.63, 3.8) is 0 Å². The van der Waals surface area contributed by atoms with Gasteiger partial charge in [-0.05, 0) is 54.7 Å². The minimum Gasteiger partial charge on any atom is -0.466 e. The highest BCUT2D eigenvalue weighted by Gasteiger charge is 2.14. The molecule has 0 spiro atoms. The largest absolute Gasteiger partial charge is 0.466 e. The van der Waals surface area contributed by atoms with Gasteiger partial charge in [-0.3, -0.25) is 0 Å². The summed E-state index contributed by atoms with van der Waals surface area (Å²) in [6.07, 6.45) is 2.26. The first kappa shape index (κ1) is 13.7. The summed E-state index contributed by atoms with van der Waals surface area (Å²) in [5.74, 6) is 1.38. The lowest BCUT2D eigenvalue weighted by Gasteiger charge is -2.17. The third kappa shape index (κ3) is 4.28. The molecule has 92 valence electrons. The molecule has 0 fully saturated rings. The zero-order valence-corrected chi connectivity index (χ0v) is 11.6. The molecule has 1 rings (SSSR count). The summed E-state index contributed by atoms with van der Waals surface area (Å²) < 4.78 is 6.38. The van der Waals surface area contributed by atoms with Crippen LogP contribution in [0.5, 0.6) is 0 Å². The average Bonchev–Trinajstić information content (AvgIpc) is 2.60. The van der Waals surface area contributed by atoms with Crippen LogP contribution < -0.4 is 5.32 Å². The van der Waals surface area contributed by atoms with Crippen molar-refractivity contribution in [2.45, 2.75) is 39.3 Å². The van der Waals surface area contributed by atoms with E-state index >= 15 is 0 Å².